The molecule has 0 saturated carbocycles. The molecule has 1 rings (SSSR count). The van der Waals surface area contributed by atoms with Crippen molar-refractivity contribution in [3.63, 3.8) is 0 Å². The molecule has 152 valence electrons. The van der Waals surface area contributed by atoms with Crippen molar-refractivity contribution >= 4 is 22.2 Å². The summed E-state index contributed by atoms with van der Waals surface area (Å²) in [6.45, 7) is 7.14. The highest BCUT2D eigenvalue weighted by Crippen LogP contribution is 2.25. The number of esters is 1. The van der Waals surface area contributed by atoms with E-state index in [9.17, 15) is 18.0 Å². The Bertz CT molecular complexity index is 582. The molecular formula is C17H31NO7S. The lowest BCUT2D eigenvalue weighted by Crippen LogP contribution is -2.44. The van der Waals surface area contributed by atoms with E-state index in [0.717, 1.165) is 19.3 Å². The van der Waals surface area contributed by atoms with Crippen LogP contribution in [0.15, 0.2) is 0 Å². The predicted molar refractivity (Wildman–Crippen MR) is 96.2 cm³/mol. The first-order chi connectivity index (χ1) is 12.0. The quantitative estimate of drug-likeness (QED) is 0.355. The van der Waals surface area contributed by atoms with Gasteiger partial charge >= 0.3 is 12.1 Å². The molecule has 1 fully saturated rings. The van der Waals surface area contributed by atoms with Gasteiger partial charge in [0.15, 0.2) is 0 Å². The lowest BCUT2D eigenvalue weighted by atomic mass is 10.2. The van der Waals surface area contributed by atoms with Crippen LogP contribution in [0.5, 0.6) is 0 Å². The number of rotatable bonds is 8. The highest BCUT2D eigenvalue weighted by atomic mass is 32.2. The molecule has 0 unspecified atom stereocenters. The number of ether oxygens (including phenoxy) is 2. The van der Waals surface area contributed by atoms with Gasteiger partial charge in [0, 0.05) is 6.42 Å². The van der Waals surface area contributed by atoms with E-state index >= 15 is 0 Å². The van der Waals surface area contributed by atoms with Gasteiger partial charge in [-0.15, -0.1) is 0 Å². The van der Waals surface area contributed by atoms with Gasteiger partial charge in [0.2, 0.25) is 0 Å². The molecule has 9 heteroatoms. The molecule has 0 N–H and O–H groups in total. The average molecular weight is 394 g/mol. The fourth-order valence-corrected chi connectivity index (χ4v) is 3.92. The van der Waals surface area contributed by atoms with Gasteiger partial charge in [-0.25, -0.2) is 9.59 Å². The zero-order valence-corrected chi connectivity index (χ0v) is 17.1. The Balaban J connectivity index is 2.74. The predicted octanol–water partition coefficient (Wildman–Crippen LogP) is 2.46. The van der Waals surface area contributed by atoms with Gasteiger partial charge in [-0.05, 0) is 27.2 Å². The van der Waals surface area contributed by atoms with Crippen LogP contribution in [0, 0.1) is 0 Å². The lowest BCUT2D eigenvalue weighted by molar-refractivity contribution is -0.145. The molecule has 0 aromatic rings. The highest BCUT2D eigenvalue weighted by molar-refractivity contribution is 7.86. The van der Waals surface area contributed by atoms with Crippen LogP contribution in [0.4, 0.5) is 4.79 Å². The molecule has 2 atom stereocenters. The standard InChI is InChI=1S/C17H31NO7S/c1-6-7-8-9-10-26(21,22)25-13-11-14(15(19)23-5)18(12-13)16(20)24-17(2,3)4/h13-14H,6-12H2,1-5H3/t13-,14-/m0/s1. The highest BCUT2D eigenvalue weighted by Gasteiger charge is 2.44. The van der Waals surface area contributed by atoms with Crippen molar-refractivity contribution in [1.29, 1.82) is 0 Å². The summed E-state index contributed by atoms with van der Waals surface area (Å²) in [5.74, 6) is -0.693. The molecule has 1 heterocycles. The maximum absolute atomic E-state index is 12.3. The minimum atomic E-state index is -3.72. The maximum Gasteiger partial charge on any atom is 0.411 e. The van der Waals surface area contributed by atoms with Gasteiger partial charge in [-0.3, -0.25) is 9.08 Å². The van der Waals surface area contributed by atoms with E-state index in [1.165, 1.54) is 12.0 Å². The number of methoxy groups -OCH3 is 1. The Morgan fingerprint density at radius 2 is 1.81 bits per heavy atom. The van der Waals surface area contributed by atoms with E-state index in [4.69, 9.17) is 13.7 Å². The first-order valence-corrected chi connectivity index (χ1v) is 10.5. The Kier molecular flexibility index (Phi) is 8.33. The summed E-state index contributed by atoms with van der Waals surface area (Å²) in [6.07, 6.45) is 1.89. The number of nitrogens with zero attached hydrogens (tertiary/aromatic N) is 1. The monoisotopic (exact) mass is 393 g/mol. The molecule has 0 bridgehead atoms. The third-order valence-electron chi connectivity index (χ3n) is 3.89. The average Bonchev–Trinajstić information content (AvgIpc) is 2.92. The molecular weight excluding hydrogens is 362 g/mol. The molecule has 0 aromatic heterocycles. The first-order valence-electron chi connectivity index (χ1n) is 8.97. The van der Waals surface area contributed by atoms with Gasteiger partial charge in [0.25, 0.3) is 10.1 Å². The van der Waals surface area contributed by atoms with Gasteiger partial charge < -0.3 is 9.47 Å². The van der Waals surface area contributed by atoms with Gasteiger partial charge in [0.1, 0.15) is 11.6 Å². The van der Waals surface area contributed by atoms with Crippen LogP contribution in [0.2, 0.25) is 0 Å². The van der Waals surface area contributed by atoms with Gasteiger partial charge in [0.05, 0.1) is 25.5 Å². The summed E-state index contributed by atoms with van der Waals surface area (Å²) in [6, 6.07) is -0.921. The van der Waals surface area contributed by atoms with Gasteiger partial charge in [-0.2, -0.15) is 8.42 Å². The van der Waals surface area contributed by atoms with Crippen LogP contribution in [-0.4, -0.2) is 62.5 Å². The third kappa shape index (κ3) is 7.49. The van der Waals surface area contributed by atoms with Crippen LogP contribution >= 0.6 is 0 Å². The Morgan fingerprint density at radius 1 is 1.15 bits per heavy atom. The summed E-state index contributed by atoms with van der Waals surface area (Å²) in [5.41, 5.74) is -0.734. The van der Waals surface area contributed by atoms with Crippen LogP contribution in [0.1, 0.15) is 59.8 Å². The number of carbonyl (C=O) groups excluding carboxylic acids is 2. The summed E-state index contributed by atoms with van der Waals surface area (Å²) in [4.78, 5) is 25.5. The molecule has 1 amide bonds. The minimum absolute atomic E-state index is 0.0388. The largest absolute Gasteiger partial charge is 0.467 e. The van der Waals surface area contributed by atoms with Crippen LogP contribution in [0.3, 0.4) is 0 Å². The lowest BCUT2D eigenvalue weighted by Gasteiger charge is -2.27. The first kappa shape index (κ1) is 22.7. The molecule has 0 radical (unpaired) electrons. The van der Waals surface area contributed by atoms with Crippen LogP contribution in [-0.2, 0) is 28.6 Å². The van der Waals surface area contributed by atoms with Crippen LogP contribution in [0.25, 0.3) is 0 Å². The fraction of sp³-hybridized carbons (Fsp3) is 0.882. The Hall–Kier alpha value is -1.35. The molecule has 8 nitrogen and oxygen atoms in total. The molecule has 1 aliphatic rings. The smallest absolute Gasteiger partial charge is 0.411 e. The fourth-order valence-electron chi connectivity index (χ4n) is 2.71. The number of likely N-dealkylation sites (tertiary alicyclic amines) is 1. The second-order valence-corrected chi connectivity index (χ2v) is 9.16. The maximum atomic E-state index is 12.3. The van der Waals surface area contributed by atoms with Crippen molar-refractivity contribution in [3.05, 3.63) is 0 Å². The topological polar surface area (TPSA) is 99.2 Å². The molecule has 0 spiro atoms. The van der Waals surface area contributed by atoms with Crippen molar-refractivity contribution < 1.29 is 31.7 Å². The minimum Gasteiger partial charge on any atom is -0.467 e. The second kappa shape index (κ2) is 9.55. The summed E-state index contributed by atoms with van der Waals surface area (Å²) >= 11 is 0. The molecule has 1 aliphatic heterocycles. The number of unbranched alkanes of at least 4 members (excludes halogenated alkanes) is 3. The van der Waals surface area contributed by atoms with E-state index in [2.05, 4.69) is 0 Å². The van der Waals surface area contributed by atoms with E-state index < -0.39 is 39.9 Å². The van der Waals surface area contributed by atoms with E-state index in [0.29, 0.717) is 6.42 Å². The van der Waals surface area contributed by atoms with Crippen molar-refractivity contribution in [2.75, 3.05) is 19.4 Å². The summed E-state index contributed by atoms with van der Waals surface area (Å²) in [5, 5.41) is 0. The summed E-state index contributed by atoms with van der Waals surface area (Å²) < 4.78 is 39.5. The molecule has 1 saturated heterocycles. The Labute approximate surface area is 156 Å². The van der Waals surface area contributed by atoms with Crippen molar-refractivity contribution in [3.8, 4) is 0 Å². The number of amides is 1. The van der Waals surface area contributed by atoms with Crippen molar-refractivity contribution in [2.45, 2.75) is 77.5 Å². The van der Waals surface area contributed by atoms with Crippen molar-refractivity contribution in [2.24, 2.45) is 0 Å². The molecule has 26 heavy (non-hydrogen) atoms. The summed E-state index contributed by atoms with van der Waals surface area (Å²) in [7, 11) is -2.50. The Morgan fingerprint density at radius 3 is 2.35 bits per heavy atom. The second-order valence-electron chi connectivity index (χ2n) is 7.45. The zero-order chi connectivity index (χ0) is 20.0. The van der Waals surface area contributed by atoms with E-state index in [-0.39, 0.29) is 18.7 Å². The van der Waals surface area contributed by atoms with Crippen molar-refractivity contribution in [1.82, 2.24) is 4.90 Å². The molecule has 0 aromatic carbocycles. The number of carbonyl (C=O) groups is 2. The van der Waals surface area contributed by atoms with E-state index in [1.807, 2.05) is 6.92 Å². The zero-order valence-electron chi connectivity index (χ0n) is 16.3. The number of hydrogen-bond acceptors (Lipinski definition) is 7. The molecule has 0 aliphatic carbocycles. The van der Waals surface area contributed by atoms with Crippen LogP contribution < -0.4 is 0 Å². The SMILES string of the molecule is CCCCCCS(=O)(=O)O[C@H]1C[C@@H](C(=O)OC)N(C(=O)OC(C)(C)C)C1. The number of hydrogen-bond donors (Lipinski definition) is 0. The normalized spacial score (nSPS) is 20.9. The van der Waals surface area contributed by atoms with Gasteiger partial charge in [-0.1, -0.05) is 26.2 Å². The van der Waals surface area contributed by atoms with E-state index in [1.54, 1.807) is 20.8 Å². The third-order valence-corrected chi connectivity index (χ3v) is 5.25.